The van der Waals surface area contributed by atoms with Gasteiger partial charge in [-0.05, 0) is 25.5 Å². The van der Waals surface area contributed by atoms with Crippen molar-refractivity contribution in [3.8, 4) is 5.75 Å². The topological polar surface area (TPSA) is 64.7 Å². The lowest BCUT2D eigenvalue weighted by atomic mass is 10.2. The molecule has 3 N–H and O–H groups in total. The molecule has 0 saturated carbocycles. The second kappa shape index (κ2) is 7.95. The normalized spacial score (nSPS) is 14.2. The van der Waals surface area contributed by atoms with E-state index in [2.05, 4.69) is 6.92 Å². The van der Waals surface area contributed by atoms with Crippen LogP contribution >= 0.6 is 0 Å². The molecular formula is C14H23NO3. The summed E-state index contributed by atoms with van der Waals surface area (Å²) < 4.78 is 10.9. The molecule has 2 unspecified atom stereocenters. The summed E-state index contributed by atoms with van der Waals surface area (Å²) in [7, 11) is 0. The lowest BCUT2D eigenvalue weighted by Crippen LogP contribution is -2.26. The van der Waals surface area contributed by atoms with E-state index in [1.54, 1.807) is 12.1 Å². The molecule has 0 spiro atoms. The standard InChI is InChI=1S/C14H23NO3/c1-3-6-11(2)17-9-12(16)10-18-14-8-5-4-7-13(14)15/h4-5,7-8,11-12,16H,3,6,9-10,15H2,1-2H3. The van der Waals surface area contributed by atoms with Crippen molar-refractivity contribution < 1.29 is 14.6 Å². The fourth-order valence-corrected chi connectivity index (χ4v) is 1.61. The molecule has 4 nitrogen and oxygen atoms in total. The van der Waals surface area contributed by atoms with E-state index in [0.29, 0.717) is 11.4 Å². The van der Waals surface area contributed by atoms with Gasteiger partial charge in [0.25, 0.3) is 0 Å². The zero-order valence-electron chi connectivity index (χ0n) is 11.1. The lowest BCUT2D eigenvalue weighted by Gasteiger charge is -2.17. The quantitative estimate of drug-likeness (QED) is 0.697. The average Bonchev–Trinajstić information content (AvgIpc) is 2.36. The van der Waals surface area contributed by atoms with Gasteiger partial charge in [0.05, 0.1) is 18.4 Å². The Kier molecular flexibility index (Phi) is 6.54. The van der Waals surface area contributed by atoms with Gasteiger partial charge in [0.2, 0.25) is 0 Å². The number of nitrogens with two attached hydrogens (primary N) is 1. The van der Waals surface area contributed by atoms with E-state index >= 15 is 0 Å². The Morgan fingerprint density at radius 2 is 2.00 bits per heavy atom. The zero-order valence-corrected chi connectivity index (χ0v) is 11.1. The monoisotopic (exact) mass is 253 g/mol. The highest BCUT2D eigenvalue weighted by molar-refractivity contribution is 5.51. The van der Waals surface area contributed by atoms with Crippen molar-refractivity contribution >= 4 is 5.69 Å². The first-order valence-corrected chi connectivity index (χ1v) is 6.40. The SMILES string of the molecule is CCCC(C)OCC(O)COc1ccccc1N. The van der Waals surface area contributed by atoms with Crippen LogP contribution in [0, 0.1) is 0 Å². The van der Waals surface area contributed by atoms with Crippen molar-refractivity contribution in [3.63, 3.8) is 0 Å². The number of hydrogen-bond donors (Lipinski definition) is 2. The summed E-state index contributed by atoms with van der Waals surface area (Å²) >= 11 is 0. The summed E-state index contributed by atoms with van der Waals surface area (Å²) in [6.07, 6.45) is 1.61. The highest BCUT2D eigenvalue weighted by Gasteiger charge is 2.09. The molecule has 0 radical (unpaired) electrons. The van der Waals surface area contributed by atoms with Crippen LogP contribution in [0.4, 0.5) is 5.69 Å². The number of ether oxygens (including phenoxy) is 2. The first-order valence-electron chi connectivity index (χ1n) is 6.40. The number of benzene rings is 1. The smallest absolute Gasteiger partial charge is 0.142 e. The van der Waals surface area contributed by atoms with Gasteiger partial charge in [-0.15, -0.1) is 0 Å². The molecule has 0 heterocycles. The Balaban J connectivity index is 2.25. The van der Waals surface area contributed by atoms with Crippen molar-refractivity contribution in [2.75, 3.05) is 18.9 Å². The van der Waals surface area contributed by atoms with Crippen LogP contribution in [0.1, 0.15) is 26.7 Å². The first kappa shape index (κ1) is 14.8. The fraction of sp³-hybridized carbons (Fsp3) is 0.571. The minimum atomic E-state index is -0.635. The molecule has 18 heavy (non-hydrogen) atoms. The molecule has 0 bridgehead atoms. The van der Waals surface area contributed by atoms with Crippen molar-refractivity contribution in [1.29, 1.82) is 0 Å². The van der Waals surface area contributed by atoms with Gasteiger partial charge in [-0.2, -0.15) is 0 Å². The molecule has 102 valence electrons. The van der Waals surface area contributed by atoms with Crippen LogP contribution in [0.5, 0.6) is 5.75 Å². The minimum Gasteiger partial charge on any atom is -0.489 e. The number of nitrogen functional groups attached to an aromatic ring is 1. The van der Waals surface area contributed by atoms with E-state index in [-0.39, 0.29) is 19.3 Å². The predicted molar refractivity (Wildman–Crippen MR) is 72.7 cm³/mol. The third kappa shape index (κ3) is 5.38. The molecule has 0 fully saturated rings. The zero-order chi connectivity index (χ0) is 13.4. The Bertz CT molecular complexity index is 344. The highest BCUT2D eigenvalue weighted by atomic mass is 16.5. The van der Waals surface area contributed by atoms with E-state index in [4.69, 9.17) is 15.2 Å². The molecule has 0 saturated heterocycles. The van der Waals surface area contributed by atoms with Crippen molar-refractivity contribution in [2.45, 2.75) is 38.9 Å². The van der Waals surface area contributed by atoms with Gasteiger partial charge in [0, 0.05) is 0 Å². The van der Waals surface area contributed by atoms with E-state index in [0.717, 1.165) is 12.8 Å². The van der Waals surface area contributed by atoms with Crippen molar-refractivity contribution in [2.24, 2.45) is 0 Å². The van der Waals surface area contributed by atoms with E-state index < -0.39 is 6.10 Å². The Hall–Kier alpha value is -1.26. The molecule has 0 aliphatic carbocycles. The second-order valence-corrected chi connectivity index (χ2v) is 4.44. The average molecular weight is 253 g/mol. The van der Waals surface area contributed by atoms with E-state index in [9.17, 15) is 5.11 Å². The highest BCUT2D eigenvalue weighted by Crippen LogP contribution is 2.19. The Morgan fingerprint density at radius 3 is 2.67 bits per heavy atom. The number of para-hydroxylation sites is 2. The van der Waals surface area contributed by atoms with Gasteiger partial charge in [-0.3, -0.25) is 0 Å². The number of hydrogen-bond acceptors (Lipinski definition) is 4. The third-order valence-corrected chi connectivity index (χ3v) is 2.62. The molecule has 0 aliphatic rings. The van der Waals surface area contributed by atoms with Crippen LogP contribution in [-0.4, -0.2) is 30.5 Å². The van der Waals surface area contributed by atoms with Crippen LogP contribution in [0.15, 0.2) is 24.3 Å². The van der Waals surface area contributed by atoms with Gasteiger partial charge in [-0.1, -0.05) is 25.5 Å². The van der Waals surface area contributed by atoms with Crippen LogP contribution in [0.25, 0.3) is 0 Å². The molecule has 1 aromatic rings. The van der Waals surface area contributed by atoms with Crippen molar-refractivity contribution in [1.82, 2.24) is 0 Å². The van der Waals surface area contributed by atoms with Gasteiger partial charge < -0.3 is 20.3 Å². The maximum absolute atomic E-state index is 9.73. The van der Waals surface area contributed by atoms with E-state index in [1.165, 1.54) is 0 Å². The summed E-state index contributed by atoms with van der Waals surface area (Å²) in [4.78, 5) is 0. The summed E-state index contributed by atoms with van der Waals surface area (Å²) in [5, 5.41) is 9.73. The Morgan fingerprint density at radius 1 is 1.28 bits per heavy atom. The van der Waals surface area contributed by atoms with Gasteiger partial charge >= 0.3 is 0 Å². The van der Waals surface area contributed by atoms with Crippen molar-refractivity contribution in [3.05, 3.63) is 24.3 Å². The second-order valence-electron chi connectivity index (χ2n) is 4.44. The number of aliphatic hydroxyl groups is 1. The fourth-order valence-electron chi connectivity index (χ4n) is 1.61. The summed E-state index contributed by atoms with van der Waals surface area (Å²) in [6, 6.07) is 7.23. The maximum Gasteiger partial charge on any atom is 0.142 e. The molecule has 1 aromatic carbocycles. The number of rotatable bonds is 8. The summed E-state index contributed by atoms with van der Waals surface area (Å²) in [6.45, 7) is 4.59. The van der Waals surface area contributed by atoms with Crippen LogP contribution < -0.4 is 10.5 Å². The number of anilines is 1. The molecule has 4 heteroatoms. The molecule has 0 aliphatic heterocycles. The maximum atomic E-state index is 9.73. The lowest BCUT2D eigenvalue weighted by molar-refractivity contribution is -0.0208. The molecule has 1 rings (SSSR count). The predicted octanol–water partition coefficient (Wildman–Crippen LogP) is 2.21. The minimum absolute atomic E-state index is 0.173. The molecular weight excluding hydrogens is 230 g/mol. The van der Waals surface area contributed by atoms with Gasteiger partial charge in [-0.25, -0.2) is 0 Å². The van der Waals surface area contributed by atoms with Gasteiger partial charge in [0.1, 0.15) is 18.5 Å². The summed E-state index contributed by atoms with van der Waals surface area (Å²) in [5.41, 5.74) is 6.30. The van der Waals surface area contributed by atoms with E-state index in [1.807, 2.05) is 19.1 Å². The molecule has 2 atom stereocenters. The van der Waals surface area contributed by atoms with Crippen LogP contribution in [0.2, 0.25) is 0 Å². The van der Waals surface area contributed by atoms with Crippen LogP contribution in [-0.2, 0) is 4.74 Å². The molecule has 0 aromatic heterocycles. The molecule has 0 amide bonds. The third-order valence-electron chi connectivity index (χ3n) is 2.62. The Labute approximate surface area is 109 Å². The summed E-state index contributed by atoms with van der Waals surface area (Å²) in [5.74, 6) is 0.596. The van der Waals surface area contributed by atoms with Crippen LogP contribution in [0.3, 0.4) is 0 Å². The van der Waals surface area contributed by atoms with Gasteiger partial charge in [0.15, 0.2) is 0 Å². The first-order chi connectivity index (χ1) is 8.63. The largest absolute Gasteiger partial charge is 0.489 e. The number of aliphatic hydroxyl groups excluding tert-OH is 1.